The van der Waals surface area contributed by atoms with Crippen molar-refractivity contribution in [1.29, 1.82) is 0 Å². The number of rotatable bonds is 15. The van der Waals surface area contributed by atoms with Crippen molar-refractivity contribution in [2.45, 2.75) is 60.2 Å². The Hall–Kier alpha value is -6.62. The number of carbonyl (C=O) groups is 4. The number of carbonyl (C=O) groups excluding carboxylic acids is 4. The van der Waals surface area contributed by atoms with Crippen LogP contribution in [0.5, 0.6) is 0 Å². The Bertz CT molecular complexity index is 2420. The predicted molar refractivity (Wildman–Crippen MR) is 200 cm³/mol. The number of anilines is 2. The molecule has 4 aromatic heterocycles. The number of benzene rings is 2. The first kappa shape index (κ1) is 37.1. The second-order valence-electron chi connectivity index (χ2n) is 12.4. The normalized spacial score (nSPS) is 11.5. The van der Waals surface area contributed by atoms with Gasteiger partial charge in [0.1, 0.15) is 5.69 Å². The van der Waals surface area contributed by atoms with Crippen molar-refractivity contribution in [3.8, 4) is 0 Å². The molecule has 2 aromatic carbocycles. The Morgan fingerprint density at radius 1 is 0.833 bits per heavy atom. The molecule has 54 heavy (non-hydrogen) atoms. The van der Waals surface area contributed by atoms with Crippen LogP contribution in [0.2, 0.25) is 0 Å². The van der Waals surface area contributed by atoms with Crippen molar-refractivity contribution in [3.63, 3.8) is 0 Å². The van der Waals surface area contributed by atoms with Crippen LogP contribution in [-0.4, -0.2) is 75.8 Å². The molecule has 6 rings (SSSR count). The second kappa shape index (κ2) is 16.0. The lowest BCUT2D eigenvalue weighted by Crippen LogP contribution is -2.24. The average molecular weight is 736 g/mol. The minimum atomic E-state index is -0.610. The molecule has 0 fully saturated rings. The van der Waals surface area contributed by atoms with Gasteiger partial charge in [-0.05, 0) is 69.2 Å². The van der Waals surface area contributed by atoms with Crippen molar-refractivity contribution in [2.75, 3.05) is 23.8 Å². The van der Waals surface area contributed by atoms with Crippen LogP contribution in [0.15, 0.2) is 59.0 Å². The lowest BCUT2D eigenvalue weighted by molar-refractivity contribution is 0.0948. The van der Waals surface area contributed by atoms with Crippen LogP contribution in [0.3, 0.4) is 0 Å². The SMILES string of the molecule is CCc1nc(C)oc1C(=O)Nc1nc2cc(C(N)=O)ccc2n1CC=CCn1c(NC(=O)c2cc(C)nn2CC)nc2cc(C(=O)NCCCO)ccc21. The van der Waals surface area contributed by atoms with Crippen molar-refractivity contribution < 1.29 is 28.7 Å². The lowest BCUT2D eigenvalue weighted by Gasteiger charge is -2.10. The third kappa shape index (κ3) is 7.75. The van der Waals surface area contributed by atoms with E-state index in [1.165, 1.54) is 0 Å². The van der Waals surface area contributed by atoms with Gasteiger partial charge in [-0.25, -0.2) is 15.0 Å². The predicted octanol–water partition coefficient (Wildman–Crippen LogP) is 3.74. The number of primary amides is 1. The molecule has 0 aliphatic rings. The molecule has 4 heterocycles. The molecule has 0 aliphatic heterocycles. The Morgan fingerprint density at radius 2 is 1.44 bits per heavy atom. The molecule has 0 saturated heterocycles. The number of nitrogens with one attached hydrogen (secondary N) is 3. The summed E-state index contributed by atoms with van der Waals surface area (Å²) in [6.07, 6.45) is 4.66. The van der Waals surface area contributed by atoms with E-state index in [0.717, 1.165) is 0 Å². The van der Waals surface area contributed by atoms with Gasteiger partial charge in [-0.3, -0.25) is 34.5 Å². The van der Waals surface area contributed by atoms with Crippen molar-refractivity contribution >= 4 is 57.6 Å². The maximum absolute atomic E-state index is 13.5. The number of fused-ring (bicyclic) bond motifs is 2. The van der Waals surface area contributed by atoms with Gasteiger partial charge in [-0.1, -0.05) is 19.1 Å². The highest BCUT2D eigenvalue weighted by molar-refractivity contribution is 6.04. The number of oxazole rings is 1. The fourth-order valence-electron chi connectivity index (χ4n) is 6.04. The van der Waals surface area contributed by atoms with Crippen LogP contribution < -0.4 is 21.7 Å². The van der Waals surface area contributed by atoms with E-state index in [0.29, 0.717) is 76.5 Å². The zero-order chi connectivity index (χ0) is 38.5. The van der Waals surface area contributed by atoms with Gasteiger partial charge in [0, 0.05) is 50.8 Å². The van der Waals surface area contributed by atoms with Gasteiger partial charge < -0.3 is 29.7 Å². The van der Waals surface area contributed by atoms with Crippen LogP contribution in [-0.2, 0) is 26.1 Å². The molecule has 6 N–H and O–H groups in total. The summed E-state index contributed by atoms with van der Waals surface area (Å²) in [6.45, 7) is 8.53. The van der Waals surface area contributed by atoms with Crippen molar-refractivity contribution in [3.05, 3.63) is 94.5 Å². The van der Waals surface area contributed by atoms with Gasteiger partial charge in [0.05, 0.1) is 33.5 Å². The van der Waals surface area contributed by atoms with E-state index in [4.69, 9.17) is 20.2 Å². The molecular formula is C37H41N11O6. The standard InChI is InChI=1S/C37H41N11O6/c1-5-25-31(54-22(4)40-25)35(53)44-37-41-26-19-23(32(38)50)10-12-28(26)47(37)16-8-7-15-46-29-13-11-24(33(51)39-14-9-17-49)20-27(29)42-36(46)43-34(52)30-18-21(3)45-48(30)6-2/h7-8,10-13,18-20,49H,5-6,9,14-17H2,1-4H3,(H2,38,50)(H,39,51)(H,41,44,53)(H,42,43,52). The van der Waals surface area contributed by atoms with E-state index in [2.05, 4.69) is 31.0 Å². The number of imidazole rings is 2. The monoisotopic (exact) mass is 735 g/mol. The summed E-state index contributed by atoms with van der Waals surface area (Å²) in [4.78, 5) is 65.1. The lowest BCUT2D eigenvalue weighted by atomic mass is 10.2. The highest BCUT2D eigenvalue weighted by atomic mass is 16.4. The molecule has 17 heteroatoms. The molecule has 280 valence electrons. The van der Waals surface area contributed by atoms with Crippen molar-refractivity contribution in [1.82, 2.24) is 39.2 Å². The molecule has 0 radical (unpaired) electrons. The summed E-state index contributed by atoms with van der Waals surface area (Å²) in [6, 6.07) is 11.6. The van der Waals surface area contributed by atoms with Crippen LogP contribution in [0.4, 0.5) is 11.9 Å². The second-order valence-corrected chi connectivity index (χ2v) is 12.4. The molecule has 0 spiro atoms. The van der Waals surface area contributed by atoms with Gasteiger partial charge in [-0.15, -0.1) is 0 Å². The first-order valence-corrected chi connectivity index (χ1v) is 17.5. The number of aromatic nitrogens is 7. The van der Waals surface area contributed by atoms with Crippen LogP contribution >= 0.6 is 0 Å². The number of amides is 4. The van der Waals surface area contributed by atoms with E-state index < -0.39 is 17.7 Å². The molecule has 17 nitrogen and oxygen atoms in total. The molecule has 0 aliphatic carbocycles. The fraction of sp³-hybridized carbons (Fsp3) is 0.297. The number of allylic oxidation sites excluding steroid dienone is 2. The molecule has 0 saturated carbocycles. The minimum Gasteiger partial charge on any atom is -0.436 e. The highest BCUT2D eigenvalue weighted by Crippen LogP contribution is 2.25. The first-order valence-electron chi connectivity index (χ1n) is 17.5. The van der Waals surface area contributed by atoms with Crippen LogP contribution in [0.1, 0.15) is 79.3 Å². The number of hydrogen-bond donors (Lipinski definition) is 5. The third-order valence-corrected chi connectivity index (χ3v) is 8.64. The molecular weight excluding hydrogens is 694 g/mol. The summed E-state index contributed by atoms with van der Waals surface area (Å²) in [5.74, 6) is -0.907. The van der Waals surface area contributed by atoms with Crippen LogP contribution in [0.25, 0.3) is 22.1 Å². The first-order chi connectivity index (χ1) is 26.0. The summed E-state index contributed by atoms with van der Waals surface area (Å²) in [5, 5.41) is 22.0. The molecule has 0 unspecified atom stereocenters. The number of aryl methyl sites for hydroxylation is 4. The molecule has 4 amide bonds. The number of nitrogens with two attached hydrogens (primary N) is 1. The molecule has 0 atom stereocenters. The minimum absolute atomic E-state index is 0.0395. The van der Waals surface area contributed by atoms with E-state index >= 15 is 0 Å². The summed E-state index contributed by atoms with van der Waals surface area (Å²) in [5.41, 5.74) is 10.00. The number of aliphatic hydroxyl groups excluding tert-OH is 1. The van der Waals surface area contributed by atoms with Gasteiger partial charge >= 0.3 is 0 Å². The van der Waals surface area contributed by atoms with Crippen molar-refractivity contribution in [2.24, 2.45) is 5.73 Å². The maximum Gasteiger partial charge on any atom is 0.295 e. The van der Waals surface area contributed by atoms with E-state index in [-0.39, 0.29) is 48.8 Å². The summed E-state index contributed by atoms with van der Waals surface area (Å²) >= 11 is 0. The topological polar surface area (TPSA) is 230 Å². The zero-order valence-electron chi connectivity index (χ0n) is 30.3. The molecule has 6 aromatic rings. The smallest absolute Gasteiger partial charge is 0.295 e. The number of nitrogens with zero attached hydrogens (tertiary/aromatic N) is 7. The van der Waals surface area contributed by atoms with E-state index in [9.17, 15) is 19.2 Å². The van der Waals surface area contributed by atoms with Gasteiger partial charge in [0.2, 0.25) is 23.6 Å². The van der Waals surface area contributed by atoms with E-state index in [1.807, 2.05) is 37.5 Å². The van der Waals surface area contributed by atoms with E-state index in [1.54, 1.807) is 58.6 Å². The third-order valence-electron chi connectivity index (χ3n) is 8.64. The Morgan fingerprint density at radius 3 is 2.04 bits per heavy atom. The Kier molecular flexibility index (Phi) is 11.0. The summed E-state index contributed by atoms with van der Waals surface area (Å²) in [7, 11) is 0. The maximum atomic E-state index is 13.5. The van der Waals surface area contributed by atoms with Gasteiger partial charge in [0.15, 0.2) is 5.89 Å². The molecule has 0 bridgehead atoms. The number of hydrogen-bond acceptors (Lipinski definition) is 10. The van der Waals surface area contributed by atoms with Gasteiger partial charge in [0.25, 0.3) is 17.7 Å². The van der Waals surface area contributed by atoms with Crippen LogP contribution in [0, 0.1) is 13.8 Å². The fourth-order valence-corrected chi connectivity index (χ4v) is 6.04. The Balaban J connectivity index is 1.31. The average Bonchev–Trinajstić information content (AvgIpc) is 3.91. The summed E-state index contributed by atoms with van der Waals surface area (Å²) < 4.78 is 10.8. The highest BCUT2D eigenvalue weighted by Gasteiger charge is 2.22. The Labute approximate surface area is 309 Å². The zero-order valence-corrected chi connectivity index (χ0v) is 30.3. The number of aliphatic hydroxyl groups is 1. The quantitative estimate of drug-likeness (QED) is 0.0758. The largest absolute Gasteiger partial charge is 0.436 e. The van der Waals surface area contributed by atoms with Gasteiger partial charge in [-0.2, -0.15) is 5.10 Å².